The SMILES string of the molecule is CC(C)(C)OC(=O)N1CCC[C@]12CCCOC2=O. The van der Waals surface area contributed by atoms with Crippen LogP contribution in [-0.2, 0) is 14.3 Å². The molecule has 0 aliphatic carbocycles. The molecule has 2 fully saturated rings. The Kier molecular flexibility index (Phi) is 3.25. The van der Waals surface area contributed by atoms with Crippen LogP contribution in [-0.4, -0.2) is 41.3 Å². The minimum Gasteiger partial charge on any atom is -0.464 e. The van der Waals surface area contributed by atoms with Crippen molar-refractivity contribution < 1.29 is 19.1 Å². The van der Waals surface area contributed by atoms with E-state index in [1.807, 2.05) is 20.8 Å². The molecule has 0 aromatic carbocycles. The van der Waals surface area contributed by atoms with Gasteiger partial charge in [-0.2, -0.15) is 0 Å². The summed E-state index contributed by atoms with van der Waals surface area (Å²) in [6.45, 7) is 6.51. The molecule has 102 valence electrons. The van der Waals surface area contributed by atoms with Crippen molar-refractivity contribution in [2.75, 3.05) is 13.2 Å². The maximum Gasteiger partial charge on any atom is 0.411 e. The summed E-state index contributed by atoms with van der Waals surface area (Å²) in [7, 11) is 0. The van der Waals surface area contributed by atoms with E-state index in [4.69, 9.17) is 9.47 Å². The lowest BCUT2D eigenvalue weighted by Crippen LogP contribution is -2.56. The number of esters is 1. The van der Waals surface area contributed by atoms with Crippen molar-refractivity contribution in [3.8, 4) is 0 Å². The van der Waals surface area contributed by atoms with Crippen LogP contribution in [0, 0.1) is 0 Å². The van der Waals surface area contributed by atoms with Crippen LogP contribution in [0.3, 0.4) is 0 Å². The van der Waals surface area contributed by atoms with Gasteiger partial charge in [-0.1, -0.05) is 0 Å². The van der Waals surface area contributed by atoms with Gasteiger partial charge in [0.1, 0.15) is 11.1 Å². The van der Waals surface area contributed by atoms with E-state index >= 15 is 0 Å². The molecule has 2 saturated heterocycles. The van der Waals surface area contributed by atoms with Crippen molar-refractivity contribution in [1.82, 2.24) is 4.90 Å². The zero-order chi connectivity index (χ0) is 13.4. The number of carbonyl (C=O) groups is 2. The van der Waals surface area contributed by atoms with Crippen LogP contribution in [0.4, 0.5) is 4.79 Å². The topological polar surface area (TPSA) is 55.8 Å². The lowest BCUT2D eigenvalue weighted by Gasteiger charge is -2.39. The zero-order valence-corrected chi connectivity index (χ0v) is 11.3. The maximum atomic E-state index is 12.2. The highest BCUT2D eigenvalue weighted by Crippen LogP contribution is 2.38. The standard InChI is InChI=1S/C13H21NO4/c1-12(2,3)18-11(16)14-8-4-6-13(14)7-5-9-17-10(13)15/h4-9H2,1-3H3/t13-/m1/s1. The zero-order valence-electron chi connectivity index (χ0n) is 11.3. The Bertz CT molecular complexity index is 360. The third-order valence-corrected chi connectivity index (χ3v) is 3.45. The summed E-state index contributed by atoms with van der Waals surface area (Å²) in [5.41, 5.74) is -1.31. The molecular weight excluding hydrogens is 234 g/mol. The van der Waals surface area contributed by atoms with Crippen LogP contribution in [0.15, 0.2) is 0 Å². The van der Waals surface area contributed by atoms with Crippen LogP contribution in [0.25, 0.3) is 0 Å². The van der Waals surface area contributed by atoms with Gasteiger partial charge in [-0.15, -0.1) is 0 Å². The van der Waals surface area contributed by atoms with E-state index in [-0.39, 0.29) is 5.97 Å². The Morgan fingerprint density at radius 2 is 2.00 bits per heavy atom. The first-order chi connectivity index (χ1) is 8.35. The maximum absolute atomic E-state index is 12.2. The molecule has 0 bridgehead atoms. The summed E-state index contributed by atoms with van der Waals surface area (Å²) in [6, 6.07) is 0. The minimum atomic E-state index is -0.763. The van der Waals surface area contributed by atoms with Crippen molar-refractivity contribution in [2.24, 2.45) is 0 Å². The molecule has 5 heteroatoms. The Balaban J connectivity index is 2.16. The van der Waals surface area contributed by atoms with E-state index < -0.39 is 17.2 Å². The minimum absolute atomic E-state index is 0.267. The number of amides is 1. The molecule has 2 aliphatic heterocycles. The molecule has 0 saturated carbocycles. The molecule has 0 radical (unpaired) electrons. The highest BCUT2D eigenvalue weighted by atomic mass is 16.6. The number of likely N-dealkylation sites (tertiary alicyclic amines) is 1. The molecule has 1 spiro atoms. The first-order valence-electron chi connectivity index (χ1n) is 6.53. The average Bonchev–Trinajstić information content (AvgIpc) is 2.65. The van der Waals surface area contributed by atoms with Crippen LogP contribution in [0.5, 0.6) is 0 Å². The quantitative estimate of drug-likeness (QED) is 0.622. The van der Waals surface area contributed by atoms with Gasteiger partial charge in [-0.3, -0.25) is 4.90 Å². The first kappa shape index (κ1) is 13.2. The van der Waals surface area contributed by atoms with E-state index in [0.717, 1.165) is 12.8 Å². The predicted molar refractivity (Wildman–Crippen MR) is 65.1 cm³/mol. The predicted octanol–water partition coefficient (Wildman–Crippen LogP) is 2.09. The number of nitrogens with zero attached hydrogens (tertiary/aromatic N) is 1. The second kappa shape index (κ2) is 4.44. The Labute approximate surface area is 107 Å². The van der Waals surface area contributed by atoms with Crippen molar-refractivity contribution >= 4 is 12.1 Å². The van der Waals surface area contributed by atoms with Crippen LogP contribution >= 0.6 is 0 Å². The normalized spacial score (nSPS) is 28.4. The monoisotopic (exact) mass is 255 g/mol. The van der Waals surface area contributed by atoms with E-state index in [1.165, 1.54) is 0 Å². The third kappa shape index (κ3) is 2.31. The highest BCUT2D eigenvalue weighted by Gasteiger charge is 2.53. The Morgan fingerprint density at radius 3 is 2.61 bits per heavy atom. The largest absolute Gasteiger partial charge is 0.464 e. The molecule has 0 aromatic heterocycles. The van der Waals surface area contributed by atoms with Crippen molar-refractivity contribution in [2.45, 2.75) is 57.6 Å². The molecule has 18 heavy (non-hydrogen) atoms. The fourth-order valence-corrected chi connectivity index (χ4v) is 2.70. The number of hydrogen-bond acceptors (Lipinski definition) is 4. The highest BCUT2D eigenvalue weighted by molar-refractivity contribution is 5.87. The fourth-order valence-electron chi connectivity index (χ4n) is 2.70. The number of hydrogen-bond donors (Lipinski definition) is 0. The van der Waals surface area contributed by atoms with E-state index in [9.17, 15) is 9.59 Å². The van der Waals surface area contributed by atoms with Crippen molar-refractivity contribution in [3.05, 3.63) is 0 Å². The molecule has 5 nitrogen and oxygen atoms in total. The van der Waals surface area contributed by atoms with Gasteiger partial charge in [-0.05, 0) is 46.5 Å². The lowest BCUT2D eigenvalue weighted by molar-refractivity contribution is -0.162. The molecule has 0 unspecified atom stereocenters. The van der Waals surface area contributed by atoms with Crippen LogP contribution in [0.2, 0.25) is 0 Å². The molecule has 2 rings (SSSR count). The van der Waals surface area contributed by atoms with Gasteiger partial charge in [0, 0.05) is 6.54 Å². The van der Waals surface area contributed by atoms with Gasteiger partial charge in [0.05, 0.1) is 6.61 Å². The van der Waals surface area contributed by atoms with Crippen molar-refractivity contribution in [3.63, 3.8) is 0 Å². The van der Waals surface area contributed by atoms with Crippen molar-refractivity contribution in [1.29, 1.82) is 0 Å². The average molecular weight is 255 g/mol. The second-order valence-corrected chi connectivity index (χ2v) is 6.01. The lowest BCUT2D eigenvalue weighted by atomic mass is 9.89. The summed E-state index contributed by atoms with van der Waals surface area (Å²) >= 11 is 0. The molecule has 2 aliphatic rings. The molecular formula is C13H21NO4. The number of rotatable bonds is 0. The van der Waals surface area contributed by atoms with Gasteiger partial charge < -0.3 is 9.47 Å². The summed E-state index contributed by atoms with van der Waals surface area (Å²) < 4.78 is 10.5. The molecule has 0 N–H and O–H groups in total. The Hall–Kier alpha value is -1.26. The number of carbonyl (C=O) groups excluding carboxylic acids is 2. The smallest absolute Gasteiger partial charge is 0.411 e. The number of cyclic esters (lactones) is 1. The summed E-state index contributed by atoms with van der Waals surface area (Å²) in [6.07, 6.45) is 2.61. The summed E-state index contributed by atoms with van der Waals surface area (Å²) in [5.74, 6) is -0.267. The first-order valence-corrected chi connectivity index (χ1v) is 6.53. The number of ether oxygens (including phenoxy) is 2. The van der Waals surface area contributed by atoms with E-state index in [2.05, 4.69) is 0 Å². The molecule has 2 heterocycles. The third-order valence-electron chi connectivity index (χ3n) is 3.45. The van der Waals surface area contributed by atoms with E-state index in [1.54, 1.807) is 4.90 Å². The van der Waals surface area contributed by atoms with Crippen LogP contribution < -0.4 is 0 Å². The Morgan fingerprint density at radius 1 is 1.33 bits per heavy atom. The molecule has 1 atom stereocenters. The van der Waals surface area contributed by atoms with Crippen LogP contribution in [0.1, 0.15) is 46.5 Å². The summed E-state index contributed by atoms with van der Waals surface area (Å²) in [5, 5.41) is 0. The van der Waals surface area contributed by atoms with Gasteiger partial charge >= 0.3 is 12.1 Å². The molecule has 0 aromatic rings. The van der Waals surface area contributed by atoms with Gasteiger partial charge in [0.15, 0.2) is 0 Å². The summed E-state index contributed by atoms with van der Waals surface area (Å²) in [4.78, 5) is 25.8. The van der Waals surface area contributed by atoms with Gasteiger partial charge in [0.25, 0.3) is 0 Å². The van der Waals surface area contributed by atoms with Gasteiger partial charge in [0.2, 0.25) is 0 Å². The molecule has 1 amide bonds. The fraction of sp³-hybridized carbons (Fsp3) is 0.846. The van der Waals surface area contributed by atoms with Gasteiger partial charge in [-0.25, -0.2) is 9.59 Å². The van der Waals surface area contributed by atoms with E-state index in [0.29, 0.717) is 26.0 Å². The second-order valence-electron chi connectivity index (χ2n) is 6.01.